The van der Waals surface area contributed by atoms with Gasteiger partial charge in [0.25, 0.3) is 0 Å². The molecule has 4 heterocycles. The van der Waals surface area contributed by atoms with Gasteiger partial charge in [-0.25, -0.2) is 4.79 Å². The Kier molecular flexibility index (Phi) is 12.4. The number of carbonyl (C=O) groups excluding carboxylic acids is 2. The highest BCUT2D eigenvalue weighted by Gasteiger charge is 2.30. The highest BCUT2D eigenvalue weighted by molar-refractivity contribution is 5.68. The second-order valence-electron chi connectivity index (χ2n) is 10.7. The Balaban J connectivity index is 0.000000257. The molecule has 2 unspecified atom stereocenters. The molecule has 0 aliphatic carbocycles. The number of nitrogens with one attached hydrogen (secondary N) is 1. The molecule has 2 saturated heterocycles. The van der Waals surface area contributed by atoms with E-state index in [9.17, 15) is 9.59 Å². The van der Waals surface area contributed by atoms with Gasteiger partial charge in [-0.3, -0.25) is 0 Å². The summed E-state index contributed by atoms with van der Waals surface area (Å²) in [6, 6.07) is 4.43. The molecule has 2 fully saturated rings. The summed E-state index contributed by atoms with van der Waals surface area (Å²) in [4.78, 5) is 28.7. The van der Waals surface area contributed by atoms with Crippen LogP contribution in [-0.2, 0) is 16.0 Å². The highest BCUT2D eigenvalue weighted by Crippen LogP contribution is 2.19. The summed E-state index contributed by atoms with van der Waals surface area (Å²) in [7, 11) is 4.11. The van der Waals surface area contributed by atoms with E-state index in [1.807, 2.05) is 58.7 Å². The Labute approximate surface area is 227 Å². The van der Waals surface area contributed by atoms with Crippen LogP contribution >= 0.6 is 0 Å². The fourth-order valence-corrected chi connectivity index (χ4v) is 4.44. The molecule has 2 atom stereocenters. The Hall–Kier alpha value is -2.79. The van der Waals surface area contributed by atoms with E-state index < -0.39 is 5.60 Å². The van der Waals surface area contributed by atoms with E-state index in [1.54, 1.807) is 4.52 Å². The largest absolute Gasteiger partial charge is 0.444 e. The van der Waals surface area contributed by atoms with Crippen molar-refractivity contribution in [3.05, 3.63) is 18.0 Å². The lowest BCUT2D eigenvalue weighted by Gasteiger charge is -2.37. The van der Waals surface area contributed by atoms with Crippen molar-refractivity contribution in [2.24, 2.45) is 5.92 Å². The van der Waals surface area contributed by atoms with Crippen LogP contribution in [0.25, 0.3) is 5.65 Å². The van der Waals surface area contributed by atoms with Crippen molar-refractivity contribution >= 4 is 23.8 Å². The number of amides is 1. The third-order valence-electron chi connectivity index (χ3n) is 6.55. The molecule has 11 nitrogen and oxygen atoms in total. The van der Waals surface area contributed by atoms with Crippen LogP contribution in [0.4, 0.5) is 10.6 Å². The molecule has 0 saturated carbocycles. The first kappa shape index (κ1) is 31.4. The lowest BCUT2D eigenvalue weighted by Crippen LogP contribution is -2.50. The number of aromatic nitrogens is 4. The van der Waals surface area contributed by atoms with Crippen LogP contribution in [0.15, 0.2) is 12.1 Å². The Morgan fingerprint density at radius 1 is 1.13 bits per heavy atom. The van der Waals surface area contributed by atoms with Crippen LogP contribution in [0.3, 0.4) is 0 Å². The van der Waals surface area contributed by atoms with Gasteiger partial charge < -0.3 is 29.5 Å². The van der Waals surface area contributed by atoms with Gasteiger partial charge in [0.15, 0.2) is 11.5 Å². The number of carbonyl (C=O) groups is 2. The number of rotatable bonds is 5. The third kappa shape index (κ3) is 9.20. The Morgan fingerprint density at radius 3 is 2.39 bits per heavy atom. The van der Waals surface area contributed by atoms with Crippen molar-refractivity contribution < 1.29 is 14.3 Å². The second-order valence-corrected chi connectivity index (χ2v) is 10.7. The van der Waals surface area contributed by atoms with Crippen LogP contribution < -0.4 is 10.2 Å². The lowest BCUT2D eigenvalue weighted by atomic mass is 9.94. The van der Waals surface area contributed by atoms with Crippen LogP contribution in [0.2, 0.25) is 0 Å². The standard InChI is InChI=1S/C13H18N6O.C12H24N2O2.C2H6/c1-17-6-8-18(9-7-17)13-5-4-12-15-14-11(3-2-10-20)19(12)16-13;1-9-8-14(7-6-10(9)13-5)11(15)16-12(2,3)4;1-2/h4-5,10H,2-3,6-9H2,1H3;9-10,13H,6-8H2,1-5H3;1-2H3. The summed E-state index contributed by atoms with van der Waals surface area (Å²) in [5.41, 5.74) is 0.323. The fraction of sp³-hybridized carbons (Fsp3) is 0.741. The van der Waals surface area contributed by atoms with Crippen molar-refractivity contribution in [1.82, 2.24) is 34.9 Å². The predicted molar refractivity (Wildman–Crippen MR) is 151 cm³/mol. The quantitative estimate of drug-likeness (QED) is 0.582. The van der Waals surface area contributed by atoms with Gasteiger partial charge in [0, 0.05) is 58.2 Å². The van der Waals surface area contributed by atoms with Gasteiger partial charge in [-0.1, -0.05) is 20.8 Å². The van der Waals surface area contributed by atoms with E-state index in [-0.39, 0.29) is 6.09 Å². The van der Waals surface area contributed by atoms with E-state index in [0.717, 1.165) is 69.3 Å². The van der Waals surface area contributed by atoms with Gasteiger partial charge in [0.05, 0.1) is 0 Å². The topological polar surface area (TPSA) is 108 Å². The molecule has 2 aliphatic rings. The van der Waals surface area contributed by atoms with Gasteiger partial charge >= 0.3 is 6.09 Å². The lowest BCUT2D eigenvalue weighted by molar-refractivity contribution is -0.107. The first-order valence-corrected chi connectivity index (χ1v) is 13.8. The Bertz CT molecular complexity index is 998. The number of aryl methyl sites for hydroxylation is 1. The van der Waals surface area contributed by atoms with Crippen molar-refractivity contribution in [3.63, 3.8) is 0 Å². The van der Waals surface area contributed by atoms with Crippen LogP contribution in [0, 0.1) is 5.92 Å². The summed E-state index contributed by atoms with van der Waals surface area (Å²) in [5, 5.41) is 16.1. The molecule has 1 N–H and O–H groups in total. The number of hydrogen-bond donors (Lipinski definition) is 1. The van der Waals surface area contributed by atoms with E-state index in [2.05, 4.69) is 44.4 Å². The van der Waals surface area contributed by atoms with E-state index >= 15 is 0 Å². The fourth-order valence-electron chi connectivity index (χ4n) is 4.44. The number of fused-ring (bicyclic) bond motifs is 1. The molecule has 0 radical (unpaired) electrons. The maximum Gasteiger partial charge on any atom is 0.410 e. The molecule has 38 heavy (non-hydrogen) atoms. The van der Waals surface area contributed by atoms with Crippen molar-refractivity contribution in [2.45, 2.75) is 72.4 Å². The normalized spacial score (nSPS) is 20.2. The molecular weight excluding hydrogens is 484 g/mol. The number of anilines is 1. The molecular formula is C27H48N8O3. The minimum Gasteiger partial charge on any atom is -0.444 e. The molecule has 1 amide bonds. The molecule has 11 heteroatoms. The molecule has 214 valence electrons. The zero-order chi connectivity index (χ0) is 28.3. The zero-order valence-electron chi connectivity index (χ0n) is 24.6. The summed E-state index contributed by atoms with van der Waals surface area (Å²) >= 11 is 0. The first-order chi connectivity index (χ1) is 18.1. The smallest absolute Gasteiger partial charge is 0.410 e. The summed E-state index contributed by atoms with van der Waals surface area (Å²) < 4.78 is 7.11. The number of piperidine rings is 1. The highest BCUT2D eigenvalue weighted by atomic mass is 16.6. The minimum absolute atomic E-state index is 0.186. The summed E-state index contributed by atoms with van der Waals surface area (Å²) in [5.74, 6) is 2.16. The van der Waals surface area contributed by atoms with E-state index in [4.69, 9.17) is 4.74 Å². The molecule has 2 aliphatic heterocycles. The van der Waals surface area contributed by atoms with Crippen LogP contribution in [0.5, 0.6) is 0 Å². The zero-order valence-corrected chi connectivity index (χ0v) is 24.6. The average molecular weight is 533 g/mol. The molecule has 2 aromatic heterocycles. The second kappa shape index (κ2) is 15.0. The first-order valence-electron chi connectivity index (χ1n) is 13.8. The van der Waals surface area contributed by atoms with E-state index in [0.29, 0.717) is 24.8 Å². The van der Waals surface area contributed by atoms with Crippen molar-refractivity contribution in [3.8, 4) is 0 Å². The number of aldehydes is 1. The van der Waals surface area contributed by atoms with Crippen LogP contribution in [0.1, 0.15) is 60.2 Å². The summed E-state index contributed by atoms with van der Waals surface area (Å²) in [6.45, 7) is 17.4. The molecule has 2 aromatic rings. The van der Waals surface area contributed by atoms with Crippen LogP contribution in [-0.4, -0.2) is 107 Å². The van der Waals surface area contributed by atoms with Crippen molar-refractivity contribution in [1.29, 1.82) is 0 Å². The maximum absolute atomic E-state index is 11.8. The van der Waals surface area contributed by atoms with Gasteiger partial charge in [0.2, 0.25) is 0 Å². The van der Waals surface area contributed by atoms with Gasteiger partial charge in [0.1, 0.15) is 17.7 Å². The average Bonchev–Trinajstić information content (AvgIpc) is 3.30. The summed E-state index contributed by atoms with van der Waals surface area (Å²) in [6.07, 6.45) is 2.72. The predicted octanol–water partition coefficient (Wildman–Crippen LogP) is 2.89. The maximum atomic E-state index is 11.8. The number of nitrogens with zero attached hydrogens (tertiary/aromatic N) is 7. The monoisotopic (exact) mass is 532 g/mol. The number of ether oxygens (including phenoxy) is 1. The number of likely N-dealkylation sites (tertiary alicyclic amines) is 1. The third-order valence-corrected chi connectivity index (χ3v) is 6.55. The van der Waals surface area contributed by atoms with Gasteiger partial charge in [-0.2, -0.15) is 4.52 Å². The molecule has 0 aromatic carbocycles. The van der Waals surface area contributed by atoms with E-state index in [1.165, 1.54) is 0 Å². The van der Waals surface area contributed by atoms with Gasteiger partial charge in [-0.15, -0.1) is 15.3 Å². The molecule has 0 spiro atoms. The molecule has 0 bridgehead atoms. The minimum atomic E-state index is -0.403. The number of piperazine rings is 1. The SMILES string of the molecule is CC.CN1CCN(c2ccc3nnc(CCC=O)n3n2)CC1.CNC1CCN(C(=O)OC(C)(C)C)CC1C. The van der Waals surface area contributed by atoms with Gasteiger partial charge in [-0.05, 0) is 59.3 Å². The van der Waals surface area contributed by atoms with Crippen molar-refractivity contribution in [2.75, 3.05) is 58.3 Å². The number of hydrogen-bond acceptors (Lipinski definition) is 9. The molecule has 4 rings (SSSR count). The number of likely N-dealkylation sites (N-methyl/N-ethyl adjacent to an activating group) is 1. The Morgan fingerprint density at radius 2 is 1.82 bits per heavy atom.